The molecular formula is C15H13BrFN5O. The molecule has 1 N–H and O–H groups in total. The minimum absolute atomic E-state index is 0.101. The number of carbonyl (C=O) groups is 1. The van der Waals surface area contributed by atoms with E-state index in [1.54, 1.807) is 41.5 Å². The zero-order valence-corrected chi connectivity index (χ0v) is 13.6. The second kappa shape index (κ2) is 6.74. The first-order valence-electron chi connectivity index (χ1n) is 6.84. The summed E-state index contributed by atoms with van der Waals surface area (Å²) in [6, 6.07) is 6.52. The summed E-state index contributed by atoms with van der Waals surface area (Å²) >= 11 is 3.27. The van der Waals surface area contributed by atoms with E-state index < -0.39 is 0 Å². The van der Waals surface area contributed by atoms with Gasteiger partial charge in [-0.15, -0.1) is 0 Å². The number of carbonyl (C=O) groups excluding carboxylic acids is 1. The Bertz CT molecular complexity index is 829. The average Bonchev–Trinajstić information content (AvgIpc) is 3.11. The minimum Gasteiger partial charge on any atom is -0.322 e. The van der Waals surface area contributed by atoms with Gasteiger partial charge in [0.2, 0.25) is 5.91 Å². The lowest BCUT2D eigenvalue weighted by molar-refractivity contribution is -0.116. The normalized spacial score (nSPS) is 10.7. The summed E-state index contributed by atoms with van der Waals surface area (Å²) in [6.45, 7) is 0.402. The predicted molar refractivity (Wildman–Crippen MR) is 86.3 cm³/mol. The van der Waals surface area contributed by atoms with E-state index in [-0.39, 0.29) is 18.3 Å². The minimum atomic E-state index is -0.280. The van der Waals surface area contributed by atoms with E-state index in [2.05, 4.69) is 31.4 Å². The van der Waals surface area contributed by atoms with Crippen LogP contribution in [0.25, 0.3) is 0 Å². The number of aromatic nitrogens is 4. The number of hydrogen-bond acceptors (Lipinski definition) is 3. The Balaban J connectivity index is 1.61. The van der Waals surface area contributed by atoms with Crippen LogP contribution in [-0.4, -0.2) is 25.5 Å². The lowest BCUT2D eigenvalue weighted by atomic mass is 10.2. The third-order valence-corrected chi connectivity index (χ3v) is 3.52. The first kappa shape index (κ1) is 15.4. The molecule has 23 heavy (non-hydrogen) atoms. The highest BCUT2D eigenvalue weighted by molar-refractivity contribution is 9.10. The molecule has 0 radical (unpaired) electrons. The summed E-state index contributed by atoms with van der Waals surface area (Å²) in [4.78, 5) is 11.9. The predicted octanol–water partition coefficient (Wildman–Crippen LogP) is 2.67. The summed E-state index contributed by atoms with van der Waals surface area (Å²) in [5, 5.41) is 10.9. The van der Waals surface area contributed by atoms with Crippen molar-refractivity contribution in [3.8, 4) is 0 Å². The number of anilines is 1. The smallest absolute Gasteiger partial charge is 0.246 e. The summed E-state index contributed by atoms with van der Waals surface area (Å²) < 4.78 is 17.5. The molecule has 6 nitrogen and oxygen atoms in total. The fourth-order valence-corrected chi connectivity index (χ4v) is 2.42. The molecule has 0 bridgehead atoms. The molecule has 8 heteroatoms. The lowest BCUT2D eigenvalue weighted by Gasteiger charge is -2.04. The number of nitrogens with zero attached hydrogens (tertiary/aromatic N) is 4. The van der Waals surface area contributed by atoms with Crippen LogP contribution in [0.5, 0.6) is 0 Å². The molecule has 118 valence electrons. The molecule has 0 unspecified atom stereocenters. The SMILES string of the molecule is O=C(Cn1cc(Br)cn1)Nc1cnn(Cc2ccccc2F)c1. The number of hydrogen-bond donors (Lipinski definition) is 1. The summed E-state index contributed by atoms with van der Waals surface area (Å²) in [7, 11) is 0. The Kier molecular flexibility index (Phi) is 4.52. The average molecular weight is 378 g/mol. The van der Waals surface area contributed by atoms with Gasteiger partial charge in [0, 0.05) is 18.0 Å². The molecule has 0 saturated heterocycles. The van der Waals surface area contributed by atoms with Crippen LogP contribution in [0.4, 0.5) is 10.1 Å². The van der Waals surface area contributed by atoms with Crippen LogP contribution in [-0.2, 0) is 17.9 Å². The Labute approximate surface area is 140 Å². The first-order chi connectivity index (χ1) is 11.1. The van der Waals surface area contributed by atoms with Gasteiger partial charge in [-0.25, -0.2) is 4.39 Å². The maximum absolute atomic E-state index is 13.6. The molecule has 0 aliphatic heterocycles. The van der Waals surface area contributed by atoms with Crippen molar-refractivity contribution < 1.29 is 9.18 Å². The monoisotopic (exact) mass is 377 g/mol. The first-order valence-corrected chi connectivity index (χ1v) is 7.63. The molecule has 3 rings (SSSR count). The van der Waals surface area contributed by atoms with Crippen molar-refractivity contribution in [2.75, 3.05) is 5.32 Å². The van der Waals surface area contributed by atoms with Crippen molar-refractivity contribution in [3.63, 3.8) is 0 Å². The number of halogens is 2. The van der Waals surface area contributed by atoms with Gasteiger partial charge < -0.3 is 5.32 Å². The maximum atomic E-state index is 13.6. The van der Waals surface area contributed by atoms with Crippen LogP contribution < -0.4 is 5.32 Å². The Hall–Kier alpha value is -2.48. The van der Waals surface area contributed by atoms with Crippen molar-refractivity contribution in [2.24, 2.45) is 0 Å². The second-order valence-electron chi connectivity index (χ2n) is 4.92. The molecule has 1 amide bonds. The van der Waals surface area contributed by atoms with E-state index in [0.717, 1.165) is 4.47 Å². The van der Waals surface area contributed by atoms with Crippen molar-refractivity contribution in [1.82, 2.24) is 19.6 Å². The fourth-order valence-electron chi connectivity index (χ4n) is 2.09. The van der Waals surface area contributed by atoms with Crippen LogP contribution in [0.15, 0.2) is 53.5 Å². The van der Waals surface area contributed by atoms with E-state index in [1.807, 2.05) is 0 Å². The lowest BCUT2D eigenvalue weighted by Crippen LogP contribution is -2.18. The largest absolute Gasteiger partial charge is 0.322 e. The number of nitrogens with one attached hydrogen (secondary N) is 1. The Morgan fingerprint density at radius 3 is 2.70 bits per heavy atom. The van der Waals surface area contributed by atoms with Crippen molar-refractivity contribution >= 4 is 27.5 Å². The van der Waals surface area contributed by atoms with E-state index >= 15 is 0 Å². The molecule has 0 spiro atoms. The number of amides is 1. The van der Waals surface area contributed by atoms with Crippen molar-refractivity contribution in [2.45, 2.75) is 13.1 Å². The fraction of sp³-hybridized carbons (Fsp3) is 0.133. The van der Waals surface area contributed by atoms with Gasteiger partial charge >= 0.3 is 0 Å². The van der Waals surface area contributed by atoms with Crippen LogP contribution in [0.3, 0.4) is 0 Å². The molecular weight excluding hydrogens is 365 g/mol. The Morgan fingerprint density at radius 1 is 1.17 bits per heavy atom. The molecule has 2 heterocycles. The van der Waals surface area contributed by atoms with E-state index in [1.165, 1.54) is 16.9 Å². The zero-order chi connectivity index (χ0) is 16.2. The highest BCUT2D eigenvalue weighted by atomic mass is 79.9. The molecule has 1 aromatic carbocycles. The van der Waals surface area contributed by atoms with Crippen LogP contribution in [0.1, 0.15) is 5.56 Å². The van der Waals surface area contributed by atoms with Crippen LogP contribution in [0, 0.1) is 5.82 Å². The third-order valence-electron chi connectivity index (χ3n) is 3.11. The van der Waals surface area contributed by atoms with Gasteiger partial charge in [-0.05, 0) is 22.0 Å². The Morgan fingerprint density at radius 2 is 1.96 bits per heavy atom. The second-order valence-corrected chi connectivity index (χ2v) is 5.84. The molecule has 0 aliphatic rings. The van der Waals surface area contributed by atoms with Gasteiger partial charge in [0.25, 0.3) is 0 Å². The van der Waals surface area contributed by atoms with Gasteiger partial charge in [0.15, 0.2) is 0 Å². The van der Waals surface area contributed by atoms with Gasteiger partial charge in [0.1, 0.15) is 12.4 Å². The van der Waals surface area contributed by atoms with Crippen LogP contribution >= 0.6 is 15.9 Å². The number of benzene rings is 1. The topological polar surface area (TPSA) is 64.7 Å². The summed E-state index contributed by atoms with van der Waals surface area (Å²) in [5.74, 6) is -0.496. The molecule has 2 aromatic heterocycles. The van der Waals surface area contributed by atoms with Crippen molar-refractivity contribution in [1.29, 1.82) is 0 Å². The highest BCUT2D eigenvalue weighted by Gasteiger charge is 2.08. The molecule has 0 atom stereocenters. The molecule has 0 fully saturated rings. The van der Waals surface area contributed by atoms with E-state index in [9.17, 15) is 9.18 Å². The number of rotatable bonds is 5. The maximum Gasteiger partial charge on any atom is 0.246 e. The van der Waals surface area contributed by atoms with Gasteiger partial charge in [-0.3, -0.25) is 14.2 Å². The van der Waals surface area contributed by atoms with E-state index in [4.69, 9.17) is 0 Å². The third kappa shape index (κ3) is 4.04. The summed E-state index contributed by atoms with van der Waals surface area (Å²) in [5.41, 5.74) is 1.09. The highest BCUT2D eigenvalue weighted by Crippen LogP contribution is 2.11. The zero-order valence-electron chi connectivity index (χ0n) is 12.0. The summed E-state index contributed by atoms with van der Waals surface area (Å²) in [6.07, 6.45) is 6.50. The molecule has 3 aromatic rings. The van der Waals surface area contributed by atoms with E-state index in [0.29, 0.717) is 17.8 Å². The van der Waals surface area contributed by atoms with Gasteiger partial charge in [-0.1, -0.05) is 18.2 Å². The molecule has 0 saturated carbocycles. The van der Waals surface area contributed by atoms with Gasteiger partial charge in [0.05, 0.1) is 29.1 Å². The standard InChI is InChI=1S/C15H13BrFN5O/c16-12-5-18-22(8-12)10-15(23)20-13-6-19-21(9-13)7-11-3-1-2-4-14(11)17/h1-6,8-9H,7,10H2,(H,20,23). The van der Waals surface area contributed by atoms with Crippen molar-refractivity contribution in [3.05, 3.63) is 64.9 Å². The van der Waals surface area contributed by atoms with Crippen LogP contribution in [0.2, 0.25) is 0 Å². The van der Waals surface area contributed by atoms with Gasteiger partial charge in [-0.2, -0.15) is 10.2 Å². The quantitative estimate of drug-likeness (QED) is 0.743. The molecule has 0 aliphatic carbocycles.